The summed E-state index contributed by atoms with van der Waals surface area (Å²) in [4.78, 5) is 26.9. The van der Waals surface area contributed by atoms with Gasteiger partial charge in [-0.25, -0.2) is 0 Å². The van der Waals surface area contributed by atoms with Crippen molar-refractivity contribution in [3.8, 4) is 0 Å². The molecule has 0 saturated carbocycles. The predicted molar refractivity (Wildman–Crippen MR) is 150 cm³/mol. The molecule has 0 aliphatic heterocycles. The van der Waals surface area contributed by atoms with Crippen LogP contribution in [0.5, 0.6) is 0 Å². The third-order valence-electron chi connectivity index (χ3n) is 5.22. The smallest absolute Gasteiger partial charge is 0.235 e. The number of hydrazine groups is 1. The number of hydrogen-bond donors (Lipinski definition) is 6. The summed E-state index contributed by atoms with van der Waals surface area (Å²) in [6, 6.07) is 0. The number of ether oxygens (including phenoxy) is 1. The van der Waals surface area contributed by atoms with Gasteiger partial charge >= 0.3 is 0 Å². The van der Waals surface area contributed by atoms with Gasteiger partial charge in [-0.2, -0.15) is 0 Å². The Balaban J connectivity index is -0.000000579. The molecule has 2 amide bonds. The van der Waals surface area contributed by atoms with E-state index in [1.54, 1.807) is 0 Å². The number of rotatable bonds is 18. The highest BCUT2D eigenvalue weighted by Gasteiger charge is 2.21. The van der Waals surface area contributed by atoms with E-state index in [2.05, 4.69) is 51.0 Å². The van der Waals surface area contributed by atoms with Gasteiger partial charge in [0.15, 0.2) is 0 Å². The molecule has 0 aromatic carbocycles. The molecule has 1 atom stereocenters. The van der Waals surface area contributed by atoms with E-state index in [4.69, 9.17) is 26.8 Å². The van der Waals surface area contributed by atoms with Crippen molar-refractivity contribution in [2.75, 3.05) is 39.5 Å². The van der Waals surface area contributed by atoms with Crippen molar-refractivity contribution in [2.24, 2.45) is 33.4 Å². The molecule has 10 heteroatoms. The highest BCUT2D eigenvalue weighted by atomic mass is 16.7. The first-order chi connectivity index (χ1) is 16.6. The molecule has 0 saturated heterocycles. The van der Waals surface area contributed by atoms with E-state index in [1.807, 2.05) is 34.6 Å². The molecule has 10 nitrogen and oxygen atoms in total. The molecular formula is C26H60N6O4. The van der Waals surface area contributed by atoms with Crippen LogP contribution in [0.4, 0.5) is 0 Å². The van der Waals surface area contributed by atoms with Gasteiger partial charge in [0, 0.05) is 34.7 Å². The van der Waals surface area contributed by atoms with Gasteiger partial charge < -0.3 is 27.3 Å². The lowest BCUT2D eigenvalue weighted by atomic mass is 9.92. The van der Waals surface area contributed by atoms with Crippen molar-refractivity contribution in [1.82, 2.24) is 16.3 Å². The van der Waals surface area contributed by atoms with Crippen LogP contribution in [0, 0.1) is 16.2 Å². The van der Waals surface area contributed by atoms with Crippen LogP contribution in [-0.2, 0) is 19.2 Å². The van der Waals surface area contributed by atoms with Gasteiger partial charge in [-0.1, -0.05) is 68.7 Å². The van der Waals surface area contributed by atoms with E-state index in [-0.39, 0.29) is 27.7 Å². The standard InChI is InChI=1S/C13H30N4O2.C11H24N2O2.C2H6/c1-5-7-13(4,15)8-6-11(18)16-17-19-10-12(2,3)9-14;1-10(2,5-12)7-15-8-11(3,4)6-13-9-14;1-2/h17H,5-10,14-15H2,1-4H3,(H,16,18);9H,5-8,12H2,1-4H3,(H,13,14);1-2H3. The van der Waals surface area contributed by atoms with Crippen molar-refractivity contribution < 1.29 is 19.2 Å². The lowest BCUT2D eigenvalue weighted by Gasteiger charge is -2.27. The van der Waals surface area contributed by atoms with Gasteiger partial charge in [0.05, 0.1) is 19.8 Å². The monoisotopic (exact) mass is 520 g/mol. The molecule has 9 N–H and O–H groups in total. The van der Waals surface area contributed by atoms with Gasteiger partial charge in [0.1, 0.15) is 0 Å². The highest BCUT2D eigenvalue weighted by molar-refractivity contribution is 5.75. The molecule has 1 unspecified atom stereocenters. The summed E-state index contributed by atoms with van der Waals surface area (Å²) in [7, 11) is 0. The Morgan fingerprint density at radius 2 is 1.36 bits per heavy atom. The molecule has 218 valence electrons. The second-order valence-corrected chi connectivity index (χ2v) is 11.7. The molecule has 0 rings (SSSR count). The quantitative estimate of drug-likeness (QED) is 0.0911. The van der Waals surface area contributed by atoms with Gasteiger partial charge in [-0.3, -0.25) is 19.9 Å². The Hall–Kier alpha value is -1.30. The van der Waals surface area contributed by atoms with E-state index >= 15 is 0 Å². The Morgan fingerprint density at radius 1 is 0.861 bits per heavy atom. The number of carbonyl (C=O) groups is 2. The van der Waals surface area contributed by atoms with Crippen molar-refractivity contribution in [3.05, 3.63) is 0 Å². The van der Waals surface area contributed by atoms with Crippen LogP contribution in [0.15, 0.2) is 0 Å². The first-order valence-electron chi connectivity index (χ1n) is 13.1. The van der Waals surface area contributed by atoms with Crippen molar-refractivity contribution in [3.63, 3.8) is 0 Å². The lowest BCUT2D eigenvalue weighted by Crippen LogP contribution is -2.42. The van der Waals surface area contributed by atoms with E-state index in [9.17, 15) is 9.59 Å². The predicted octanol–water partition coefficient (Wildman–Crippen LogP) is 2.61. The Morgan fingerprint density at radius 3 is 1.83 bits per heavy atom. The molecule has 0 radical (unpaired) electrons. The lowest BCUT2D eigenvalue weighted by molar-refractivity contribution is -0.129. The van der Waals surface area contributed by atoms with E-state index in [0.29, 0.717) is 58.7 Å². The maximum Gasteiger partial charge on any atom is 0.235 e. The zero-order valence-corrected chi connectivity index (χ0v) is 25.0. The molecule has 0 spiro atoms. The number of nitrogens with two attached hydrogens (primary N) is 3. The molecule has 0 aromatic rings. The molecule has 36 heavy (non-hydrogen) atoms. The number of nitrogens with one attached hydrogen (secondary N) is 3. The highest BCUT2D eigenvalue weighted by Crippen LogP contribution is 2.18. The van der Waals surface area contributed by atoms with Crippen LogP contribution >= 0.6 is 0 Å². The maximum atomic E-state index is 11.6. The molecular weight excluding hydrogens is 460 g/mol. The molecule has 0 aliphatic rings. The average Bonchev–Trinajstić information content (AvgIpc) is 2.81. The van der Waals surface area contributed by atoms with Gasteiger partial charge in [0.2, 0.25) is 12.3 Å². The van der Waals surface area contributed by atoms with Crippen molar-refractivity contribution >= 4 is 12.3 Å². The van der Waals surface area contributed by atoms with Crippen LogP contribution < -0.4 is 33.5 Å². The van der Waals surface area contributed by atoms with Crippen LogP contribution in [-0.4, -0.2) is 57.3 Å². The fraction of sp³-hybridized carbons (Fsp3) is 0.923. The normalized spacial score (nSPS) is 13.4. The number of carbonyl (C=O) groups excluding carboxylic acids is 2. The minimum Gasteiger partial charge on any atom is -0.380 e. The number of amides is 2. The molecule has 0 aliphatic carbocycles. The Kier molecular flexibility index (Phi) is 22.6. The van der Waals surface area contributed by atoms with Crippen LogP contribution in [0.1, 0.15) is 94.9 Å². The summed E-state index contributed by atoms with van der Waals surface area (Å²) in [5.74, 6) is -0.127. The Labute approximate surface area is 221 Å². The summed E-state index contributed by atoms with van der Waals surface area (Å²) >= 11 is 0. The van der Waals surface area contributed by atoms with Crippen molar-refractivity contribution in [2.45, 2.75) is 100 Å². The van der Waals surface area contributed by atoms with E-state index < -0.39 is 0 Å². The summed E-state index contributed by atoms with van der Waals surface area (Å²) in [5.41, 5.74) is 21.7. The summed E-state index contributed by atoms with van der Waals surface area (Å²) < 4.78 is 5.62. The third-order valence-corrected chi connectivity index (χ3v) is 5.22. The van der Waals surface area contributed by atoms with E-state index in [0.717, 1.165) is 12.8 Å². The van der Waals surface area contributed by atoms with Gasteiger partial charge in [-0.05, 0) is 32.9 Å². The minimum atomic E-state index is -0.283. The molecule has 0 heterocycles. The SMILES string of the molecule is CC.CC(C)(CN)COCC(C)(C)CNC=O.CCCC(C)(N)CCC(=O)NNOCC(C)(C)CN. The first-order valence-corrected chi connectivity index (χ1v) is 13.1. The Bertz CT molecular complexity index is 555. The second kappa shape index (κ2) is 20.7. The van der Waals surface area contributed by atoms with Gasteiger partial charge in [-0.15, -0.1) is 5.59 Å². The zero-order valence-electron chi connectivity index (χ0n) is 25.0. The van der Waals surface area contributed by atoms with E-state index in [1.165, 1.54) is 0 Å². The fourth-order valence-corrected chi connectivity index (χ4v) is 2.57. The molecule has 0 bridgehead atoms. The number of hydrogen-bond acceptors (Lipinski definition) is 8. The fourth-order valence-electron chi connectivity index (χ4n) is 2.57. The minimum absolute atomic E-state index is 0.0220. The van der Waals surface area contributed by atoms with Gasteiger partial charge in [0.25, 0.3) is 0 Å². The van der Waals surface area contributed by atoms with Crippen LogP contribution in [0.3, 0.4) is 0 Å². The van der Waals surface area contributed by atoms with Crippen LogP contribution in [0.25, 0.3) is 0 Å². The van der Waals surface area contributed by atoms with Crippen LogP contribution in [0.2, 0.25) is 0 Å². The second-order valence-electron chi connectivity index (χ2n) is 11.7. The molecule has 0 fully saturated rings. The first kappa shape index (κ1) is 39.2. The summed E-state index contributed by atoms with van der Waals surface area (Å²) in [5, 5.41) is 2.66. The molecule has 0 aromatic heterocycles. The summed E-state index contributed by atoms with van der Waals surface area (Å²) in [6.45, 7) is 23.7. The maximum absolute atomic E-state index is 11.6. The van der Waals surface area contributed by atoms with Crippen molar-refractivity contribution in [1.29, 1.82) is 0 Å². The zero-order chi connectivity index (χ0) is 28.9. The third kappa shape index (κ3) is 25.8. The topological polar surface area (TPSA) is 167 Å². The largest absolute Gasteiger partial charge is 0.380 e. The average molecular weight is 521 g/mol. The summed E-state index contributed by atoms with van der Waals surface area (Å²) in [6.07, 6.45) is 3.68.